The van der Waals surface area contributed by atoms with Gasteiger partial charge in [0.1, 0.15) is 5.58 Å². The number of hydrogen-bond acceptors (Lipinski definition) is 5. The van der Waals surface area contributed by atoms with Crippen molar-refractivity contribution in [2.45, 2.75) is 19.9 Å². The molecule has 6 heteroatoms. The highest BCUT2D eigenvalue weighted by atomic mass is 16.5. The lowest BCUT2D eigenvalue weighted by Crippen LogP contribution is -2.43. The van der Waals surface area contributed by atoms with Gasteiger partial charge in [0.25, 0.3) is 5.91 Å². The number of morpholine rings is 1. The molecule has 0 radical (unpaired) electrons. The van der Waals surface area contributed by atoms with Crippen LogP contribution in [0, 0.1) is 13.8 Å². The van der Waals surface area contributed by atoms with E-state index in [9.17, 15) is 9.59 Å². The zero-order valence-electron chi connectivity index (χ0n) is 17.3. The summed E-state index contributed by atoms with van der Waals surface area (Å²) in [5.41, 5.74) is 3.38. The SMILES string of the molecule is Cc1cc2oc(C(=O)NC[C@@H](c3ccccc3)N3CCOCC3)cc(=O)c2cc1C. The van der Waals surface area contributed by atoms with Gasteiger partial charge in [-0.05, 0) is 42.7 Å². The van der Waals surface area contributed by atoms with E-state index in [-0.39, 0.29) is 23.1 Å². The fourth-order valence-corrected chi connectivity index (χ4v) is 3.82. The third-order valence-electron chi connectivity index (χ3n) is 5.69. The average Bonchev–Trinajstić information content (AvgIpc) is 2.76. The van der Waals surface area contributed by atoms with E-state index >= 15 is 0 Å². The Morgan fingerprint density at radius 2 is 1.77 bits per heavy atom. The van der Waals surface area contributed by atoms with Crippen molar-refractivity contribution < 1.29 is 13.9 Å². The first-order chi connectivity index (χ1) is 14.5. The van der Waals surface area contributed by atoms with E-state index in [2.05, 4.69) is 22.3 Å². The number of carbonyl (C=O) groups is 1. The van der Waals surface area contributed by atoms with Gasteiger partial charge in [0.05, 0.1) is 24.6 Å². The van der Waals surface area contributed by atoms with Gasteiger partial charge in [0, 0.05) is 25.7 Å². The summed E-state index contributed by atoms with van der Waals surface area (Å²) in [6, 6.07) is 15.0. The Morgan fingerprint density at radius 1 is 1.07 bits per heavy atom. The molecule has 0 unspecified atom stereocenters. The van der Waals surface area contributed by atoms with Gasteiger partial charge in [-0.2, -0.15) is 0 Å². The van der Waals surface area contributed by atoms with Crippen LogP contribution in [0.3, 0.4) is 0 Å². The predicted molar refractivity (Wildman–Crippen MR) is 116 cm³/mol. The fraction of sp³-hybridized carbons (Fsp3) is 0.333. The van der Waals surface area contributed by atoms with E-state index in [1.165, 1.54) is 6.07 Å². The molecule has 3 aromatic rings. The number of rotatable bonds is 5. The number of nitrogens with one attached hydrogen (secondary N) is 1. The van der Waals surface area contributed by atoms with Crippen LogP contribution >= 0.6 is 0 Å². The molecule has 0 saturated carbocycles. The quantitative estimate of drug-likeness (QED) is 0.705. The second-order valence-electron chi connectivity index (χ2n) is 7.69. The molecule has 0 bridgehead atoms. The normalized spacial score (nSPS) is 15.8. The molecule has 1 saturated heterocycles. The molecule has 1 aromatic heterocycles. The van der Waals surface area contributed by atoms with Gasteiger partial charge >= 0.3 is 0 Å². The van der Waals surface area contributed by atoms with Crippen LogP contribution < -0.4 is 10.7 Å². The van der Waals surface area contributed by atoms with E-state index < -0.39 is 0 Å². The van der Waals surface area contributed by atoms with Crippen molar-refractivity contribution in [3.05, 3.63) is 81.2 Å². The molecule has 0 spiro atoms. The lowest BCUT2D eigenvalue weighted by molar-refractivity contribution is 0.0161. The maximum atomic E-state index is 12.8. The Morgan fingerprint density at radius 3 is 2.50 bits per heavy atom. The van der Waals surface area contributed by atoms with Crippen molar-refractivity contribution in [1.29, 1.82) is 0 Å². The van der Waals surface area contributed by atoms with Crippen LogP contribution in [-0.4, -0.2) is 43.7 Å². The second kappa shape index (κ2) is 8.81. The maximum absolute atomic E-state index is 12.8. The lowest BCUT2D eigenvalue weighted by Gasteiger charge is -2.34. The molecule has 4 rings (SSSR count). The third-order valence-corrected chi connectivity index (χ3v) is 5.69. The van der Waals surface area contributed by atoms with Crippen molar-refractivity contribution in [3.63, 3.8) is 0 Å². The first kappa shape index (κ1) is 20.3. The topological polar surface area (TPSA) is 71.8 Å². The Bertz CT molecular complexity index is 1100. The fourth-order valence-electron chi connectivity index (χ4n) is 3.82. The molecule has 30 heavy (non-hydrogen) atoms. The Balaban J connectivity index is 1.56. The van der Waals surface area contributed by atoms with Crippen LogP contribution in [0.15, 0.2) is 57.7 Å². The van der Waals surface area contributed by atoms with Gasteiger partial charge in [-0.3, -0.25) is 14.5 Å². The zero-order chi connectivity index (χ0) is 21.1. The standard InChI is InChI=1S/C24H26N2O4/c1-16-12-19-21(27)14-23(30-22(19)13-17(16)2)24(28)25-15-20(18-6-4-3-5-7-18)26-8-10-29-11-9-26/h3-7,12-14,20H,8-11,15H2,1-2H3,(H,25,28)/t20-/m0/s1. The van der Waals surface area contributed by atoms with Crippen LogP contribution in [0.5, 0.6) is 0 Å². The van der Waals surface area contributed by atoms with E-state index in [0.29, 0.717) is 30.7 Å². The van der Waals surface area contributed by atoms with Crippen LogP contribution in [0.4, 0.5) is 0 Å². The van der Waals surface area contributed by atoms with Crippen molar-refractivity contribution >= 4 is 16.9 Å². The molecular weight excluding hydrogens is 380 g/mol. The summed E-state index contributed by atoms with van der Waals surface area (Å²) in [7, 11) is 0. The summed E-state index contributed by atoms with van der Waals surface area (Å²) < 4.78 is 11.3. The second-order valence-corrected chi connectivity index (χ2v) is 7.69. The summed E-state index contributed by atoms with van der Waals surface area (Å²) in [6.45, 7) is 7.28. The van der Waals surface area contributed by atoms with E-state index in [0.717, 1.165) is 29.8 Å². The molecule has 1 atom stereocenters. The summed E-state index contributed by atoms with van der Waals surface area (Å²) in [5.74, 6) is -0.356. The molecule has 0 aliphatic carbocycles. The van der Waals surface area contributed by atoms with E-state index in [1.54, 1.807) is 0 Å². The Hall–Kier alpha value is -2.96. The molecule has 6 nitrogen and oxygen atoms in total. The first-order valence-corrected chi connectivity index (χ1v) is 10.2. The molecule has 2 aromatic carbocycles. The third kappa shape index (κ3) is 4.30. The van der Waals surface area contributed by atoms with Crippen LogP contribution in [0.25, 0.3) is 11.0 Å². The maximum Gasteiger partial charge on any atom is 0.287 e. The number of carbonyl (C=O) groups excluding carboxylic acids is 1. The van der Waals surface area contributed by atoms with Crippen LogP contribution in [-0.2, 0) is 4.74 Å². The van der Waals surface area contributed by atoms with Crippen LogP contribution in [0.1, 0.15) is 33.3 Å². The average molecular weight is 406 g/mol. The molecular formula is C24H26N2O4. The summed E-state index contributed by atoms with van der Waals surface area (Å²) in [4.78, 5) is 27.6. The predicted octanol–water partition coefficient (Wildman–Crippen LogP) is 3.21. The number of ether oxygens (including phenoxy) is 1. The molecule has 1 fully saturated rings. The number of hydrogen-bond donors (Lipinski definition) is 1. The van der Waals surface area contributed by atoms with Crippen molar-refractivity contribution in [2.75, 3.05) is 32.8 Å². The largest absolute Gasteiger partial charge is 0.451 e. The molecule has 2 heterocycles. The van der Waals surface area contributed by atoms with Crippen molar-refractivity contribution in [1.82, 2.24) is 10.2 Å². The van der Waals surface area contributed by atoms with E-state index in [4.69, 9.17) is 9.15 Å². The molecule has 1 N–H and O–H groups in total. The van der Waals surface area contributed by atoms with E-state index in [1.807, 2.05) is 44.2 Å². The lowest BCUT2D eigenvalue weighted by atomic mass is 10.0. The number of fused-ring (bicyclic) bond motifs is 1. The van der Waals surface area contributed by atoms with Gasteiger partial charge in [-0.1, -0.05) is 30.3 Å². The Labute approximate surface area is 175 Å². The summed E-state index contributed by atoms with van der Waals surface area (Å²) in [6.07, 6.45) is 0. The highest BCUT2D eigenvalue weighted by molar-refractivity contribution is 5.93. The van der Waals surface area contributed by atoms with Gasteiger partial charge < -0.3 is 14.5 Å². The smallest absolute Gasteiger partial charge is 0.287 e. The zero-order valence-corrected chi connectivity index (χ0v) is 17.3. The summed E-state index contributed by atoms with van der Waals surface area (Å²) >= 11 is 0. The highest BCUT2D eigenvalue weighted by Crippen LogP contribution is 2.22. The van der Waals surface area contributed by atoms with Crippen LogP contribution in [0.2, 0.25) is 0 Å². The molecule has 1 aliphatic heterocycles. The molecule has 1 aliphatic rings. The molecule has 156 valence electrons. The van der Waals surface area contributed by atoms with Gasteiger partial charge in [-0.15, -0.1) is 0 Å². The van der Waals surface area contributed by atoms with Crippen molar-refractivity contribution in [2.24, 2.45) is 0 Å². The molecule has 1 amide bonds. The monoisotopic (exact) mass is 406 g/mol. The number of aryl methyl sites for hydroxylation is 2. The van der Waals surface area contributed by atoms with Gasteiger partial charge in [0.2, 0.25) is 0 Å². The number of nitrogens with zero attached hydrogens (tertiary/aromatic N) is 1. The first-order valence-electron chi connectivity index (χ1n) is 10.2. The minimum absolute atomic E-state index is 0.0242. The number of amides is 1. The number of benzene rings is 2. The minimum Gasteiger partial charge on any atom is -0.451 e. The highest BCUT2D eigenvalue weighted by Gasteiger charge is 2.24. The van der Waals surface area contributed by atoms with Gasteiger partial charge in [-0.25, -0.2) is 0 Å². The Kier molecular flexibility index (Phi) is 5.97. The van der Waals surface area contributed by atoms with Crippen molar-refractivity contribution in [3.8, 4) is 0 Å². The summed E-state index contributed by atoms with van der Waals surface area (Å²) in [5, 5.41) is 3.45. The van der Waals surface area contributed by atoms with Gasteiger partial charge in [0.15, 0.2) is 11.2 Å². The minimum atomic E-state index is -0.388.